The normalized spacial score (nSPS) is 7.60. The van der Waals surface area contributed by atoms with Gasteiger partial charge in [-0.2, -0.15) is 12.1 Å². The van der Waals surface area contributed by atoms with E-state index in [1.165, 1.54) is 16.3 Å². The fourth-order valence-electron chi connectivity index (χ4n) is 0.422. The molecule has 0 N–H and O–H groups in total. The van der Waals surface area contributed by atoms with Gasteiger partial charge in [-0.15, -0.1) is 6.07 Å². The van der Waals surface area contributed by atoms with Crippen LogP contribution in [0.4, 0.5) is 0 Å². The molecule has 0 fully saturated rings. The Bertz CT molecular complexity index is 159. The minimum absolute atomic E-state index is 0.604. The predicted octanol–water partition coefficient (Wildman–Crippen LogP) is 1.73. The first-order valence-electron chi connectivity index (χ1n) is 2.56. The second-order valence-electron chi connectivity index (χ2n) is 1.30. The number of ether oxygens (including phenoxy) is 1. The minimum atomic E-state index is 0.604. The van der Waals surface area contributed by atoms with E-state index in [2.05, 4.69) is 24.7 Å². The molecule has 10 heavy (non-hydrogen) atoms. The van der Waals surface area contributed by atoms with E-state index in [0.717, 1.165) is 0 Å². The van der Waals surface area contributed by atoms with Crippen molar-refractivity contribution in [2.75, 3.05) is 7.11 Å². The first kappa shape index (κ1) is 10.1. The summed E-state index contributed by atoms with van der Waals surface area (Å²) in [7, 11) is 1.58. The van der Waals surface area contributed by atoms with Gasteiger partial charge in [0.05, 0.1) is 13.0 Å². The van der Waals surface area contributed by atoms with E-state index in [4.69, 9.17) is 4.74 Å². The van der Waals surface area contributed by atoms with Crippen LogP contribution < -0.4 is 4.74 Å². The van der Waals surface area contributed by atoms with Crippen LogP contribution in [0.15, 0.2) is 18.3 Å². The molecule has 0 spiro atoms. The summed E-state index contributed by atoms with van der Waals surface area (Å²) in [6.45, 7) is 0. The maximum atomic E-state index is 4.77. The fraction of sp³-hybridized carbons (Fsp3) is 0.167. The molecule has 0 bridgehead atoms. The van der Waals surface area contributed by atoms with E-state index in [1.54, 1.807) is 25.4 Å². The van der Waals surface area contributed by atoms with Crippen molar-refractivity contribution in [3.05, 3.63) is 24.4 Å². The first-order chi connectivity index (χ1) is 4.93. The molecule has 0 aromatic carbocycles. The summed E-state index contributed by atoms with van der Waals surface area (Å²) in [5.74, 6) is 0.604. The molecule has 1 heterocycles. The van der Waals surface area contributed by atoms with Gasteiger partial charge in [-0.1, -0.05) is 6.20 Å². The van der Waals surface area contributed by atoms with E-state index >= 15 is 0 Å². The average Bonchev–Trinajstić information content (AvgIpc) is 2.10. The number of hydrogen-bond acceptors (Lipinski definition) is 2. The molecule has 1 aromatic heterocycles. The van der Waals surface area contributed by atoms with Crippen LogP contribution >= 0.6 is 13.6 Å². The molecule has 1 rings (SSSR count). The molecule has 4 heteroatoms. The molecule has 0 aliphatic heterocycles. The molecule has 0 unspecified atom stereocenters. The van der Waals surface area contributed by atoms with Crippen molar-refractivity contribution in [2.24, 2.45) is 0 Å². The van der Waals surface area contributed by atoms with E-state index in [-0.39, 0.29) is 0 Å². The van der Waals surface area contributed by atoms with Crippen molar-refractivity contribution >= 4 is 13.6 Å². The SMILES string of the molecule is COc1c[c-]ccn1.[Zn+][Br]. The predicted molar refractivity (Wildman–Crippen MR) is 38.6 cm³/mol. The Morgan fingerprint density at radius 3 is 2.70 bits per heavy atom. The van der Waals surface area contributed by atoms with Gasteiger partial charge in [-0.3, -0.25) is 0 Å². The second kappa shape index (κ2) is 7.16. The molecule has 0 radical (unpaired) electrons. The Morgan fingerprint density at radius 2 is 2.40 bits per heavy atom. The van der Waals surface area contributed by atoms with Gasteiger partial charge in [-0.25, -0.2) is 0 Å². The standard InChI is InChI=1S/C6H6NO.BrH.Zn/c1-8-6-4-2-3-5-7-6;;/h3-5H,1H3;1H;/q-1;;+2/p-1. The van der Waals surface area contributed by atoms with Crippen molar-refractivity contribution in [1.29, 1.82) is 0 Å². The Hall–Kier alpha value is 0.0534. The molecule has 0 saturated carbocycles. The summed E-state index contributed by atoms with van der Waals surface area (Å²) in [5, 5.41) is 0. The van der Waals surface area contributed by atoms with Gasteiger partial charge in [0.1, 0.15) is 0 Å². The number of pyridine rings is 1. The summed E-state index contributed by atoms with van der Waals surface area (Å²) < 4.78 is 4.77. The molecular weight excluding hydrogens is 247 g/mol. The van der Waals surface area contributed by atoms with Crippen molar-refractivity contribution in [2.45, 2.75) is 0 Å². The van der Waals surface area contributed by atoms with Crippen molar-refractivity contribution in [3.8, 4) is 5.88 Å². The van der Waals surface area contributed by atoms with Crippen LogP contribution in [0.3, 0.4) is 0 Å². The van der Waals surface area contributed by atoms with Gasteiger partial charge in [0.25, 0.3) is 0 Å². The number of nitrogens with zero attached hydrogens (tertiary/aromatic N) is 1. The summed E-state index contributed by atoms with van der Waals surface area (Å²) >= 11 is 4.25. The Labute approximate surface area is 77.0 Å². The molecule has 0 aliphatic rings. The number of halogens is 1. The second-order valence-corrected chi connectivity index (χ2v) is 1.30. The van der Waals surface area contributed by atoms with E-state index in [0.29, 0.717) is 5.88 Å². The fourth-order valence-corrected chi connectivity index (χ4v) is 0.422. The van der Waals surface area contributed by atoms with Crippen LogP contribution in [-0.4, -0.2) is 12.1 Å². The summed E-state index contributed by atoms with van der Waals surface area (Å²) in [5.41, 5.74) is 0. The van der Waals surface area contributed by atoms with Gasteiger partial charge >= 0.3 is 30.0 Å². The third kappa shape index (κ3) is 3.96. The number of hydrogen-bond donors (Lipinski definition) is 0. The van der Waals surface area contributed by atoms with Gasteiger partial charge in [0.2, 0.25) is 0 Å². The third-order valence-corrected chi connectivity index (χ3v) is 0.788. The molecule has 1 aromatic rings. The van der Waals surface area contributed by atoms with Crippen LogP contribution in [-0.2, 0) is 16.3 Å². The third-order valence-electron chi connectivity index (χ3n) is 0.788. The Balaban J connectivity index is 0.000000371. The van der Waals surface area contributed by atoms with Crippen molar-refractivity contribution in [3.63, 3.8) is 0 Å². The molecule has 0 amide bonds. The van der Waals surface area contributed by atoms with Crippen LogP contribution in [0.2, 0.25) is 0 Å². The first-order valence-corrected chi connectivity index (χ1v) is 9.51. The topological polar surface area (TPSA) is 22.1 Å². The zero-order valence-corrected chi connectivity index (χ0v) is 10.2. The van der Waals surface area contributed by atoms with Crippen molar-refractivity contribution < 1.29 is 21.1 Å². The van der Waals surface area contributed by atoms with Gasteiger partial charge < -0.3 is 9.72 Å². The number of aromatic nitrogens is 1. The zero-order valence-electron chi connectivity index (χ0n) is 5.67. The summed E-state index contributed by atoms with van der Waals surface area (Å²) in [6.07, 6.45) is 1.64. The summed E-state index contributed by atoms with van der Waals surface area (Å²) in [4.78, 5) is 3.84. The Morgan fingerprint density at radius 1 is 1.70 bits per heavy atom. The van der Waals surface area contributed by atoms with Crippen LogP contribution in [0, 0.1) is 6.07 Å². The van der Waals surface area contributed by atoms with Crippen molar-refractivity contribution in [1.82, 2.24) is 4.98 Å². The molecule has 2 nitrogen and oxygen atoms in total. The van der Waals surface area contributed by atoms with Crippen LogP contribution in [0.5, 0.6) is 5.88 Å². The van der Waals surface area contributed by atoms with E-state index in [9.17, 15) is 0 Å². The molecular formula is C6H6BrNOZn. The quantitative estimate of drug-likeness (QED) is 0.562. The Kier molecular flexibility index (Phi) is 7.20. The van der Waals surface area contributed by atoms with Gasteiger partial charge in [0, 0.05) is 0 Å². The monoisotopic (exact) mass is 251 g/mol. The molecule has 0 saturated heterocycles. The summed E-state index contributed by atoms with van der Waals surface area (Å²) in [6, 6.07) is 6.23. The van der Waals surface area contributed by atoms with Crippen LogP contribution in [0.1, 0.15) is 0 Å². The zero-order chi connectivity index (χ0) is 7.82. The van der Waals surface area contributed by atoms with E-state index < -0.39 is 0 Å². The molecule has 0 aliphatic carbocycles. The maximum absolute atomic E-state index is 4.77. The van der Waals surface area contributed by atoms with Gasteiger partial charge in [-0.05, 0) is 0 Å². The average molecular weight is 253 g/mol. The number of rotatable bonds is 1. The molecule has 0 atom stereocenters. The van der Waals surface area contributed by atoms with Crippen LogP contribution in [0.25, 0.3) is 0 Å². The van der Waals surface area contributed by atoms with Gasteiger partial charge in [0.15, 0.2) is 0 Å². The number of methoxy groups -OCH3 is 1. The molecule has 50 valence electrons. The van der Waals surface area contributed by atoms with E-state index in [1.807, 2.05) is 0 Å².